The number of hydrogen-bond donors (Lipinski definition) is 0. The molecular weight excluding hydrogens is 142 g/mol. The van der Waals surface area contributed by atoms with Crippen molar-refractivity contribution >= 4 is 0 Å². The van der Waals surface area contributed by atoms with Crippen molar-refractivity contribution < 1.29 is 4.52 Å². The van der Waals surface area contributed by atoms with Crippen molar-refractivity contribution in [2.75, 3.05) is 0 Å². The Bertz CT molecular complexity index is 237. The van der Waals surface area contributed by atoms with Crippen LogP contribution in [0.4, 0.5) is 0 Å². The molecule has 0 amide bonds. The molecule has 0 spiro atoms. The predicted octanol–water partition coefficient (Wildman–Crippen LogP) is 1.48. The standard InChI is InChI=1S/C7H9N3O/c1-6(3-2-4-8)7-9-5-10-11-7/h5-6H,2-3H2,1H3. The summed E-state index contributed by atoms with van der Waals surface area (Å²) in [5.41, 5.74) is 0. The van der Waals surface area contributed by atoms with Crippen molar-refractivity contribution in [3.05, 3.63) is 12.2 Å². The lowest BCUT2D eigenvalue weighted by molar-refractivity contribution is 0.354. The Kier molecular flexibility index (Phi) is 2.61. The Morgan fingerprint density at radius 2 is 2.64 bits per heavy atom. The fraction of sp³-hybridized carbons (Fsp3) is 0.571. The minimum Gasteiger partial charge on any atom is -0.339 e. The summed E-state index contributed by atoms with van der Waals surface area (Å²) in [5, 5.41) is 11.8. The molecule has 0 radical (unpaired) electrons. The molecule has 4 nitrogen and oxygen atoms in total. The Balaban J connectivity index is 2.44. The maximum atomic E-state index is 8.30. The molecule has 1 aromatic rings. The molecule has 0 saturated carbocycles. The molecule has 0 aliphatic rings. The van der Waals surface area contributed by atoms with E-state index in [4.69, 9.17) is 9.78 Å². The van der Waals surface area contributed by atoms with Crippen LogP contribution >= 0.6 is 0 Å². The van der Waals surface area contributed by atoms with Crippen LogP contribution in [0, 0.1) is 11.3 Å². The average molecular weight is 151 g/mol. The van der Waals surface area contributed by atoms with Gasteiger partial charge in [0.15, 0.2) is 6.33 Å². The second-order valence-corrected chi connectivity index (χ2v) is 2.38. The summed E-state index contributed by atoms with van der Waals surface area (Å²) in [4.78, 5) is 3.88. The molecule has 0 aliphatic heterocycles. The molecule has 1 aromatic heterocycles. The zero-order valence-corrected chi connectivity index (χ0v) is 6.32. The first-order valence-corrected chi connectivity index (χ1v) is 3.48. The van der Waals surface area contributed by atoms with Crippen LogP contribution in [-0.2, 0) is 0 Å². The van der Waals surface area contributed by atoms with Crippen LogP contribution in [0.5, 0.6) is 0 Å². The van der Waals surface area contributed by atoms with Gasteiger partial charge >= 0.3 is 0 Å². The van der Waals surface area contributed by atoms with Crippen LogP contribution in [0.1, 0.15) is 31.6 Å². The first-order chi connectivity index (χ1) is 5.34. The Hall–Kier alpha value is -1.37. The third-order valence-electron chi connectivity index (χ3n) is 1.49. The Labute approximate surface area is 64.8 Å². The van der Waals surface area contributed by atoms with Gasteiger partial charge in [-0.25, -0.2) is 0 Å². The van der Waals surface area contributed by atoms with Crippen LogP contribution in [0.2, 0.25) is 0 Å². The van der Waals surface area contributed by atoms with E-state index in [0.29, 0.717) is 12.3 Å². The summed E-state index contributed by atoms with van der Waals surface area (Å²) in [6, 6.07) is 2.07. The molecule has 1 atom stereocenters. The molecule has 1 rings (SSSR count). The van der Waals surface area contributed by atoms with E-state index in [0.717, 1.165) is 6.42 Å². The van der Waals surface area contributed by atoms with E-state index in [-0.39, 0.29) is 5.92 Å². The third kappa shape index (κ3) is 2.04. The fourth-order valence-corrected chi connectivity index (χ4v) is 0.803. The normalized spacial score (nSPS) is 12.4. The molecule has 58 valence electrons. The monoisotopic (exact) mass is 151 g/mol. The lowest BCUT2D eigenvalue weighted by Crippen LogP contribution is -1.92. The van der Waals surface area contributed by atoms with Gasteiger partial charge in [0, 0.05) is 12.3 Å². The lowest BCUT2D eigenvalue weighted by Gasteiger charge is -2.00. The second kappa shape index (κ2) is 3.71. The highest BCUT2D eigenvalue weighted by Gasteiger charge is 2.09. The van der Waals surface area contributed by atoms with Crippen molar-refractivity contribution in [2.45, 2.75) is 25.7 Å². The predicted molar refractivity (Wildman–Crippen MR) is 37.6 cm³/mol. The zero-order chi connectivity index (χ0) is 8.10. The highest BCUT2D eigenvalue weighted by Crippen LogP contribution is 2.16. The van der Waals surface area contributed by atoms with Crippen LogP contribution in [0.15, 0.2) is 10.9 Å². The number of nitrogens with zero attached hydrogens (tertiary/aromatic N) is 3. The summed E-state index contributed by atoms with van der Waals surface area (Å²) >= 11 is 0. The molecule has 0 fully saturated rings. The SMILES string of the molecule is CC(CCC#N)c1ncno1. The largest absolute Gasteiger partial charge is 0.339 e. The average Bonchev–Trinajstić information content (AvgIpc) is 2.52. The molecule has 0 aromatic carbocycles. The molecule has 0 N–H and O–H groups in total. The van der Waals surface area contributed by atoms with Crippen LogP contribution in [0.3, 0.4) is 0 Å². The van der Waals surface area contributed by atoms with Crippen molar-refractivity contribution in [2.24, 2.45) is 0 Å². The molecular formula is C7H9N3O. The molecule has 1 unspecified atom stereocenters. The molecule has 1 heterocycles. The van der Waals surface area contributed by atoms with E-state index in [1.807, 2.05) is 6.92 Å². The highest BCUT2D eigenvalue weighted by atomic mass is 16.5. The third-order valence-corrected chi connectivity index (χ3v) is 1.49. The topological polar surface area (TPSA) is 62.7 Å². The van der Waals surface area contributed by atoms with Crippen molar-refractivity contribution in [1.82, 2.24) is 10.1 Å². The van der Waals surface area contributed by atoms with Crippen LogP contribution in [-0.4, -0.2) is 10.1 Å². The molecule has 4 heteroatoms. The quantitative estimate of drug-likeness (QED) is 0.656. The fourth-order valence-electron chi connectivity index (χ4n) is 0.803. The summed E-state index contributed by atoms with van der Waals surface area (Å²) in [7, 11) is 0. The van der Waals surface area contributed by atoms with Gasteiger partial charge in [-0.2, -0.15) is 10.2 Å². The van der Waals surface area contributed by atoms with Crippen molar-refractivity contribution in [3.63, 3.8) is 0 Å². The van der Waals surface area contributed by atoms with E-state index in [9.17, 15) is 0 Å². The van der Waals surface area contributed by atoms with Gasteiger partial charge in [-0.15, -0.1) is 0 Å². The maximum Gasteiger partial charge on any atom is 0.229 e. The Morgan fingerprint density at radius 3 is 3.18 bits per heavy atom. The smallest absolute Gasteiger partial charge is 0.229 e. The van der Waals surface area contributed by atoms with E-state index in [1.54, 1.807) is 0 Å². The van der Waals surface area contributed by atoms with Gasteiger partial charge in [0.1, 0.15) is 0 Å². The van der Waals surface area contributed by atoms with Crippen LogP contribution < -0.4 is 0 Å². The van der Waals surface area contributed by atoms with Crippen molar-refractivity contribution in [3.8, 4) is 6.07 Å². The molecule has 0 bridgehead atoms. The molecule has 11 heavy (non-hydrogen) atoms. The van der Waals surface area contributed by atoms with Crippen LogP contribution in [0.25, 0.3) is 0 Å². The number of hydrogen-bond acceptors (Lipinski definition) is 4. The highest BCUT2D eigenvalue weighted by molar-refractivity contribution is 4.87. The second-order valence-electron chi connectivity index (χ2n) is 2.38. The first-order valence-electron chi connectivity index (χ1n) is 3.48. The summed E-state index contributed by atoms with van der Waals surface area (Å²) in [6.45, 7) is 1.96. The Morgan fingerprint density at radius 1 is 1.82 bits per heavy atom. The van der Waals surface area contributed by atoms with Gasteiger partial charge < -0.3 is 4.52 Å². The van der Waals surface area contributed by atoms with Gasteiger partial charge in [0.25, 0.3) is 0 Å². The first kappa shape index (κ1) is 7.73. The van der Waals surface area contributed by atoms with Crippen molar-refractivity contribution in [1.29, 1.82) is 5.26 Å². The number of rotatable bonds is 3. The van der Waals surface area contributed by atoms with Gasteiger partial charge in [-0.05, 0) is 6.42 Å². The lowest BCUT2D eigenvalue weighted by atomic mass is 10.1. The van der Waals surface area contributed by atoms with E-state index >= 15 is 0 Å². The maximum absolute atomic E-state index is 8.30. The van der Waals surface area contributed by atoms with E-state index in [1.165, 1.54) is 6.33 Å². The van der Waals surface area contributed by atoms with Gasteiger partial charge in [-0.1, -0.05) is 12.1 Å². The zero-order valence-electron chi connectivity index (χ0n) is 6.32. The number of nitriles is 1. The molecule has 0 saturated heterocycles. The van der Waals surface area contributed by atoms with Gasteiger partial charge in [-0.3, -0.25) is 0 Å². The van der Waals surface area contributed by atoms with E-state index < -0.39 is 0 Å². The summed E-state index contributed by atoms with van der Waals surface area (Å²) in [6.07, 6.45) is 2.68. The summed E-state index contributed by atoms with van der Waals surface area (Å²) in [5.74, 6) is 0.803. The van der Waals surface area contributed by atoms with Gasteiger partial charge in [0.05, 0.1) is 6.07 Å². The van der Waals surface area contributed by atoms with E-state index in [2.05, 4.69) is 16.2 Å². The summed E-state index contributed by atoms with van der Waals surface area (Å²) < 4.78 is 4.82. The minimum absolute atomic E-state index is 0.192. The number of aromatic nitrogens is 2. The molecule has 0 aliphatic carbocycles. The minimum atomic E-state index is 0.192. The van der Waals surface area contributed by atoms with Gasteiger partial charge in [0.2, 0.25) is 5.89 Å².